The van der Waals surface area contributed by atoms with Crippen LogP contribution in [0.4, 0.5) is 5.69 Å². The van der Waals surface area contributed by atoms with Crippen molar-refractivity contribution in [2.45, 2.75) is 49.6 Å². The van der Waals surface area contributed by atoms with Crippen LogP contribution in [0.3, 0.4) is 0 Å². The monoisotopic (exact) mass is 532 g/mol. The zero-order valence-corrected chi connectivity index (χ0v) is 22.2. The lowest BCUT2D eigenvalue weighted by molar-refractivity contribution is 0.553. The number of anilines is 1. The number of nitrogens with one attached hydrogen (secondary N) is 1. The fourth-order valence-corrected chi connectivity index (χ4v) is 5.44. The van der Waals surface area contributed by atoms with Crippen LogP contribution in [0.25, 0.3) is 10.8 Å². The van der Waals surface area contributed by atoms with Crippen LogP contribution in [-0.2, 0) is 23.0 Å². The van der Waals surface area contributed by atoms with Crippen LogP contribution in [0.2, 0.25) is 0 Å². The Hall–Kier alpha value is -3.02. The summed E-state index contributed by atoms with van der Waals surface area (Å²) < 4.78 is 30.5. The van der Waals surface area contributed by atoms with Crippen molar-refractivity contribution in [2.75, 3.05) is 25.5 Å². The van der Waals surface area contributed by atoms with E-state index in [0.717, 1.165) is 48.9 Å². The number of aliphatic imine (C=N–C) groups is 2. The van der Waals surface area contributed by atoms with Crippen LogP contribution >= 0.6 is 12.4 Å². The number of sulfonamides is 1. The highest BCUT2D eigenvalue weighted by Gasteiger charge is 2.18. The van der Waals surface area contributed by atoms with Crippen molar-refractivity contribution in [3.63, 3.8) is 0 Å². The van der Waals surface area contributed by atoms with Crippen molar-refractivity contribution < 1.29 is 8.42 Å². The van der Waals surface area contributed by atoms with Crippen LogP contribution in [0.1, 0.15) is 31.4 Å². The molecule has 1 unspecified atom stereocenters. The Morgan fingerprint density at radius 1 is 1.08 bits per heavy atom. The quantitative estimate of drug-likeness (QED) is 0.345. The molecule has 1 aliphatic rings. The third-order valence-corrected chi connectivity index (χ3v) is 7.48. The standard InChI is InChI=1S/C24H32N8O2S.ClH/c1-31(2)22-12-6-11-21-20(22)10-7-13-23(21)35(33,34)27-14-15-32-17-19(29-30-32)9-5-3-4-8-18-16-26-24(25)28-18;/h6-7,10-13,16-18,27H,3-5,8-9,14-15H2,1-2H3,(H2,25,28);1H. The number of hydrogen-bond donors (Lipinski definition) is 2. The molecule has 12 heteroatoms. The summed E-state index contributed by atoms with van der Waals surface area (Å²) in [4.78, 5) is 10.5. The van der Waals surface area contributed by atoms with Gasteiger partial charge in [-0.15, -0.1) is 17.5 Å². The van der Waals surface area contributed by atoms with Gasteiger partial charge in [0.2, 0.25) is 16.0 Å². The number of nitrogens with zero attached hydrogens (tertiary/aromatic N) is 6. The van der Waals surface area contributed by atoms with Gasteiger partial charge in [-0.2, -0.15) is 0 Å². The number of halogens is 1. The van der Waals surface area contributed by atoms with E-state index >= 15 is 0 Å². The molecule has 10 nitrogen and oxygen atoms in total. The molecule has 0 bridgehead atoms. The first-order valence-corrected chi connectivity index (χ1v) is 13.3. The molecule has 194 valence electrons. The molecule has 0 radical (unpaired) electrons. The van der Waals surface area contributed by atoms with Crippen molar-refractivity contribution in [1.82, 2.24) is 19.7 Å². The number of hydrogen-bond acceptors (Lipinski definition) is 8. The van der Waals surface area contributed by atoms with Crippen molar-refractivity contribution in [3.05, 3.63) is 48.3 Å². The fraction of sp³-hybridized carbons (Fsp3) is 0.417. The molecule has 4 rings (SSSR count). The Morgan fingerprint density at radius 3 is 2.61 bits per heavy atom. The minimum absolute atomic E-state index is 0. The predicted octanol–water partition coefficient (Wildman–Crippen LogP) is 2.77. The van der Waals surface area contributed by atoms with Gasteiger partial charge >= 0.3 is 0 Å². The molecule has 1 atom stereocenters. The number of aryl methyl sites for hydroxylation is 1. The molecule has 0 fully saturated rings. The largest absolute Gasteiger partial charge is 0.377 e. The highest BCUT2D eigenvalue weighted by molar-refractivity contribution is 7.89. The second kappa shape index (κ2) is 12.3. The highest BCUT2D eigenvalue weighted by Crippen LogP contribution is 2.30. The number of nitrogens with two attached hydrogens (primary N) is 1. The second-order valence-electron chi connectivity index (χ2n) is 8.83. The molecule has 0 saturated carbocycles. The van der Waals surface area contributed by atoms with E-state index in [-0.39, 0.29) is 29.9 Å². The maximum atomic E-state index is 13.0. The highest BCUT2D eigenvalue weighted by atomic mass is 35.5. The van der Waals surface area contributed by atoms with Gasteiger partial charge in [0.15, 0.2) is 0 Å². The lowest BCUT2D eigenvalue weighted by Gasteiger charge is -2.17. The van der Waals surface area contributed by atoms with E-state index < -0.39 is 10.0 Å². The number of unbranched alkanes of at least 4 members (excludes halogenated alkanes) is 2. The topological polar surface area (TPSA) is 131 Å². The number of guanidine groups is 1. The van der Waals surface area contributed by atoms with Crippen LogP contribution in [0, 0.1) is 0 Å². The van der Waals surface area contributed by atoms with Gasteiger partial charge in [0.05, 0.1) is 23.2 Å². The summed E-state index contributed by atoms with van der Waals surface area (Å²) in [6, 6.07) is 11.2. The van der Waals surface area contributed by atoms with Gasteiger partial charge < -0.3 is 10.6 Å². The van der Waals surface area contributed by atoms with E-state index in [1.807, 2.05) is 49.5 Å². The van der Waals surface area contributed by atoms with Crippen LogP contribution < -0.4 is 15.4 Å². The lowest BCUT2D eigenvalue weighted by Crippen LogP contribution is -2.27. The summed E-state index contributed by atoms with van der Waals surface area (Å²) in [6.07, 6.45) is 8.58. The summed E-state index contributed by atoms with van der Waals surface area (Å²) in [7, 11) is 0.205. The summed E-state index contributed by atoms with van der Waals surface area (Å²) in [6.45, 7) is 0.627. The Balaban J connectivity index is 0.00000361. The summed E-state index contributed by atoms with van der Waals surface area (Å²) in [5, 5.41) is 9.95. The summed E-state index contributed by atoms with van der Waals surface area (Å²) in [5.74, 6) is 0.365. The average molecular weight is 533 g/mol. The summed E-state index contributed by atoms with van der Waals surface area (Å²) in [5.41, 5.74) is 7.43. The van der Waals surface area contributed by atoms with Gasteiger partial charge in [0, 0.05) is 49.5 Å². The minimum Gasteiger partial charge on any atom is -0.377 e. The van der Waals surface area contributed by atoms with Crippen molar-refractivity contribution in [3.8, 4) is 0 Å². The number of rotatable bonds is 12. The molecule has 0 saturated heterocycles. The molecule has 36 heavy (non-hydrogen) atoms. The zero-order chi connectivity index (χ0) is 24.8. The zero-order valence-electron chi connectivity index (χ0n) is 20.5. The third kappa shape index (κ3) is 6.80. The van der Waals surface area contributed by atoms with Crippen LogP contribution in [0.15, 0.2) is 57.5 Å². The van der Waals surface area contributed by atoms with Gasteiger partial charge in [-0.05, 0) is 31.4 Å². The van der Waals surface area contributed by atoms with Crippen LogP contribution in [0.5, 0.6) is 0 Å². The normalized spacial score (nSPS) is 15.2. The van der Waals surface area contributed by atoms with Gasteiger partial charge in [-0.3, -0.25) is 4.68 Å². The van der Waals surface area contributed by atoms with E-state index in [4.69, 9.17) is 5.73 Å². The van der Waals surface area contributed by atoms with E-state index in [2.05, 4.69) is 25.0 Å². The SMILES string of the molecule is CN(C)c1cccc2c(S(=O)(=O)NCCn3cc(CCCCCC4C=NC(N)=N4)nn3)cccc12.Cl. The Kier molecular flexibility index (Phi) is 9.41. The van der Waals surface area contributed by atoms with Gasteiger partial charge in [0.1, 0.15) is 0 Å². The first-order valence-electron chi connectivity index (χ1n) is 11.8. The Labute approximate surface area is 218 Å². The molecule has 0 spiro atoms. The number of aromatic nitrogens is 3. The third-order valence-electron chi connectivity index (χ3n) is 5.96. The molecule has 0 aliphatic carbocycles. The lowest BCUT2D eigenvalue weighted by atomic mass is 10.1. The molecule has 3 aromatic rings. The average Bonchev–Trinajstić information content (AvgIpc) is 3.46. The fourth-order valence-electron chi connectivity index (χ4n) is 4.20. The maximum absolute atomic E-state index is 13.0. The van der Waals surface area contributed by atoms with Crippen molar-refractivity contribution in [1.29, 1.82) is 0 Å². The van der Waals surface area contributed by atoms with Crippen LogP contribution in [-0.4, -0.2) is 62.3 Å². The Morgan fingerprint density at radius 2 is 1.86 bits per heavy atom. The molecular weight excluding hydrogens is 500 g/mol. The van der Waals surface area contributed by atoms with Gasteiger partial charge in [0.25, 0.3) is 0 Å². The van der Waals surface area contributed by atoms with Crippen molar-refractivity contribution >= 4 is 51.1 Å². The minimum atomic E-state index is -3.68. The molecule has 1 aromatic heterocycles. The maximum Gasteiger partial charge on any atom is 0.241 e. The van der Waals surface area contributed by atoms with E-state index in [0.29, 0.717) is 17.9 Å². The van der Waals surface area contributed by atoms with Gasteiger partial charge in [-0.1, -0.05) is 42.3 Å². The van der Waals surface area contributed by atoms with Gasteiger partial charge in [-0.25, -0.2) is 23.1 Å². The van der Waals surface area contributed by atoms with Crippen molar-refractivity contribution in [2.24, 2.45) is 15.7 Å². The molecule has 2 aromatic carbocycles. The molecule has 2 heterocycles. The Bertz CT molecular complexity index is 1340. The molecule has 1 aliphatic heterocycles. The predicted molar refractivity (Wildman–Crippen MR) is 147 cm³/mol. The van der Waals surface area contributed by atoms with E-state index in [1.54, 1.807) is 23.0 Å². The smallest absolute Gasteiger partial charge is 0.241 e. The summed E-state index contributed by atoms with van der Waals surface area (Å²) >= 11 is 0. The molecule has 0 amide bonds. The first kappa shape index (κ1) is 27.6. The number of benzene rings is 2. The van der Waals surface area contributed by atoms with E-state index in [9.17, 15) is 8.42 Å². The first-order chi connectivity index (χ1) is 16.8. The molecular formula is C24H33ClN8O2S. The second-order valence-corrected chi connectivity index (χ2v) is 10.6. The molecule has 3 N–H and O–H groups in total. The van der Waals surface area contributed by atoms with E-state index in [1.165, 1.54) is 0 Å². The number of fused-ring (bicyclic) bond motifs is 1.